The number of hydrogen-bond donors (Lipinski definition) is 0. The maximum absolute atomic E-state index is 6.00. The summed E-state index contributed by atoms with van der Waals surface area (Å²) in [5.41, 5.74) is 3.23. The van der Waals surface area contributed by atoms with E-state index in [4.69, 9.17) is 9.47 Å². The van der Waals surface area contributed by atoms with Gasteiger partial charge in [-0.1, -0.05) is 25.5 Å². The second-order valence-electron chi connectivity index (χ2n) is 6.19. The van der Waals surface area contributed by atoms with Crippen LogP contribution in [-0.4, -0.2) is 13.2 Å². The molecule has 0 aromatic heterocycles. The molecule has 0 heterocycles. The molecule has 0 aliphatic heterocycles. The van der Waals surface area contributed by atoms with E-state index >= 15 is 0 Å². The molecule has 20 heavy (non-hydrogen) atoms. The Kier molecular flexibility index (Phi) is 4.74. The van der Waals surface area contributed by atoms with Gasteiger partial charge in [-0.25, -0.2) is 0 Å². The third-order valence-corrected chi connectivity index (χ3v) is 4.19. The van der Waals surface area contributed by atoms with E-state index in [0.717, 1.165) is 11.5 Å². The van der Waals surface area contributed by atoms with Gasteiger partial charge in [0.1, 0.15) is 18.1 Å². The summed E-state index contributed by atoms with van der Waals surface area (Å²) in [4.78, 5) is 0. The van der Waals surface area contributed by atoms with E-state index in [1.807, 2.05) is 31.2 Å². The Labute approximate surface area is 122 Å². The second-order valence-corrected chi connectivity index (χ2v) is 6.19. The molecule has 110 valence electrons. The number of ether oxygens (including phenoxy) is 2. The van der Waals surface area contributed by atoms with Crippen molar-refractivity contribution in [1.82, 2.24) is 0 Å². The maximum Gasteiger partial charge on any atom is 0.123 e. The summed E-state index contributed by atoms with van der Waals surface area (Å²) in [5.74, 6) is 1.76. The largest absolute Gasteiger partial charge is 0.494 e. The van der Waals surface area contributed by atoms with Crippen LogP contribution in [0.1, 0.15) is 47.0 Å². The van der Waals surface area contributed by atoms with E-state index in [2.05, 4.69) is 20.8 Å². The standard InChI is InChI=1S/C18H26O2/c1-5-19-15-9-6-10-16(12-15)20-13-17-14(2)8-7-11-18(17,3)4/h6,9-10,12H,5,7-8,11,13H2,1-4H3. The first kappa shape index (κ1) is 15.0. The van der Waals surface area contributed by atoms with E-state index in [1.54, 1.807) is 0 Å². The monoisotopic (exact) mass is 274 g/mol. The summed E-state index contributed by atoms with van der Waals surface area (Å²) in [6.07, 6.45) is 3.76. The third kappa shape index (κ3) is 3.56. The lowest BCUT2D eigenvalue weighted by atomic mass is 9.73. The minimum atomic E-state index is 0.264. The Morgan fingerprint density at radius 3 is 2.50 bits per heavy atom. The van der Waals surface area contributed by atoms with E-state index < -0.39 is 0 Å². The number of hydrogen-bond acceptors (Lipinski definition) is 2. The Morgan fingerprint density at radius 2 is 1.85 bits per heavy atom. The molecule has 0 bridgehead atoms. The van der Waals surface area contributed by atoms with Crippen molar-refractivity contribution in [2.45, 2.75) is 47.0 Å². The first-order chi connectivity index (χ1) is 9.53. The van der Waals surface area contributed by atoms with Crippen molar-refractivity contribution in [3.8, 4) is 11.5 Å². The van der Waals surface area contributed by atoms with Gasteiger partial charge in [-0.05, 0) is 56.2 Å². The highest BCUT2D eigenvalue weighted by Crippen LogP contribution is 2.40. The molecule has 0 fully saturated rings. The van der Waals surface area contributed by atoms with Gasteiger partial charge in [0.2, 0.25) is 0 Å². The number of rotatable bonds is 5. The molecular formula is C18H26O2. The van der Waals surface area contributed by atoms with Gasteiger partial charge in [-0.15, -0.1) is 0 Å². The van der Waals surface area contributed by atoms with Crippen LogP contribution in [0.2, 0.25) is 0 Å². The minimum Gasteiger partial charge on any atom is -0.494 e. The lowest BCUT2D eigenvalue weighted by molar-refractivity contribution is 0.275. The average molecular weight is 274 g/mol. The van der Waals surface area contributed by atoms with Crippen LogP contribution in [0.5, 0.6) is 11.5 Å². The molecule has 0 saturated carbocycles. The van der Waals surface area contributed by atoms with Crippen LogP contribution in [0.15, 0.2) is 35.4 Å². The zero-order valence-corrected chi connectivity index (χ0v) is 13.2. The molecule has 0 radical (unpaired) electrons. The van der Waals surface area contributed by atoms with Crippen molar-refractivity contribution >= 4 is 0 Å². The van der Waals surface area contributed by atoms with Gasteiger partial charge < -0.3 is 9.47 Å². The molecule has 1 aromatic rings. The Morgan fingerprint density at radius 1 is 1.15 bits per heavy atom. The molecule has 0 unspecified atom stereocenters. The predicted molar refractivity (Wildman–Crippen MR) is 83.4 cm³/mol. The predicted octanol–water partition coefficient (Wildman–Crippen LogP) is 4.99. The molecule has 1 aromatic carbocycles. The van der Waals surface area contributed by atoms with Crippen LogP contribution in [-0.2, 0) is 0 Å². The lowest BCUT2D eigenvalue weighted by Gasteiger charge is -2.34. The topological polar surface area (TPSA) is 18.5 Å². The fourth-order valence-electron chi connectivity index (χ4n) is 2.97. The molecule has 0 amide bonds. The Hall–Kier alpha value is -1.44. The van der Waals surface area contributed by atoms with Crippen LogP contribution >= 0.6 is 0 Å². The van der Waals surface area contributed by atoms with Gasteiger partial charge >= 0.3 is 0 Å². The molecule has 1 aliphatic carbocycles. The zero-order chi connectivity index (χ0) is 14.6. The maximum atomic E-state index is 6.00. The van der Waals surface area contributed by atoms with Gasteiger partial charge in [0.25, 0.3) is 0 Å². The fraction of sp³-hybridized carbons (Fsp3) is 0.556. The highest BCUT2D eigenvalue weighted by atomic mass is 16.5. The average Bonchev–Trinajstić information content (AvgIpc) is 2.38. The van der Waals surface area contributed by atoms with Crippen LogP contribution in [0.25, 0.3) is 0 Å². The highest BCUT2D eigenvalue weighted by molar-refractivity contribution is 5.34. The fourth-order valence-corrected chi connectivity index (χ4v) is 2.97. The summed E-state index contributed by atoms with van der Waals surface area (Å²) < 4.78 is 11.5. The quantitative estimate of drug-likeness (QED) is 0.704. The van der Waals surface area contributed by atoms with E-state index in [1.165, 1.54) is 30.4 Å². The minimum absolute atomic E-state index is 0.264. The van der Waals surface area contributed by atoms with Gasteiger partial charge in [0.15, 0.2) is 0 Å². The summed E-state index contributed by atoms with van der Waals surface area (Å²) in [6, 6.07) is 7.91. The van der Waals surface area contributed by atoms with Gasteiger partial charge in [0.05, 0.1) is 6.61 Å². The molecule has 0 spiro atoms. The summed E-state index contributed by atoms with van der Waals surface area (Å²) >= 11 is 0. The van der Waals surface area contributed by atoms with Crippen LogP contribution in [0.3, 0.4) is 0 Å². The molecule has 0 saturated heterocycles. The first-order valence-corrected chi connectivity index (χ1v) is 7.57. The van der Waals surface area contributed by atoms with Gasteiger partial charge in [0, 0.05) is 6.07 Å². The van der Waals surface area contributed by atoms with Crippen molar-refractivity contribution in [2.75, 3.05) is 13.2 Å². The smallest absolute Gasteiger partial charge is 0.123 e. The van der Waals surface area contributed by atoms with Crippen molar-refractivity contribution in [3.63, 3.8) is 0 Å². The van der Waals surface area contributed by atoms with Crippen molar-refractivity contribution in [2.24, 2.45) is 5.41 Å². The molecule has 2 rings (SSSR count). The summed E-state index contributed by atoms with van der Waals surface area (Å²) in [5, 5.41) is 0. The van der Waals surface area contributed by atoms with Crippen LogP contribution in [0, 0.1) is 5.41 Å². The van der Waals surface area contributed by atoms with E-state index in [9.17, 15) is 0 Å². The van der Waals surface area contributed by atoms with E-state index in [0.29, 0.717) is 13.2 Å². The second kappa shape index (κ2) is 6.34. The van der Waals surface area contributed by atoms with Crippen molar-refractivity contribution < 1.29 is 9.47 Å². The third-order valence-electron chi connectivity index (χ3n) is 4.19. The molecule has 2 nitrogen and oxygen atoms in total. The number of benzene rings is 1. The normalized spacial score (nSPS) is 18.0. The van der Waals surface area contributed by atoms with Crippen molar-refractivity contribution in [1.29, 1.82) is 0 Å². The van der Waals surface area contributed by atoms with Crippen LogP contribution < -0.4 is 9.47 Å². The zero-order valence-electron chi connectivity index (χ0n) is 13.2. The Balaban J connectivity index is 2.06. The first-order valence-electron chi connectivity index (χ1n) is 7.57. The summed E-state index contributed by atoms with van der Waals surface area (Å²) in [6.45, 7) is 10.3. The van der Waals surface area contributed by atoms with Crippen LogP contribution in [0.4, 0.5) is 0 Å². The SMILES string of the molecule is CCOc1cccc(OCC2=C(C)CCCC2(C)C)c1. The molecule has 0 atom stereocenters. The molecule has 2 heteroatoms. The molecule has 0 N–H and O–H groups in total. The lowest BCUT2D eigenvalue weighted by Crippen LogP contribution is -2.24. The van der Waals surface area contributed by atoms with Gasteiger partial charge in [-0.3, -0.25) is 0 Å². The summed E-state index contributed by atoms with van der Waals surface area (Å²) in [7, 11) is 0. The number of allylic oxidation sites excluding steroid dienone is 1. The van der Waals surface area contributed by atoms with E-state index in [-0.39, 0.29) is 5.41 Å². The van der Waals surface area contributed by atoms with Crippen molar-refractivity contribution in [3.05, 3.63) is 35.4 Å². The molecule has 1 aliphatic rings. The highest BCUT2D eigenvalue weighted by Gasteiger charge is 2.28. The molecular weight excluding hydrogens is 248 g/mol. The van der Waals surface area contributed by atoms with Gasteiger partial charge in [-0.2, -0.15) is 0 Å². The Bertz CT molecular complexity index is 486.